The number of rotatable bonds is 6. The van der Waals surface area contributed by atoms with Crippen LogP contribution in [0.15, 0.2) is 60.7 Å². The first-order chi connectivity index (χ1) is 18.5. The first-order valence-corrected chi connectivity index (χ1v) is 10.8. The fraction of sp³-hybridized carbons (Fsp3) is 0. The highest BCUT2D eigenvalue weighted by Crippen LogP contribution is 2.34. The molecular formula is C26H10BF9O3. The number of hydrogen-bond donors (Lipinski definition) is 0. The first kappa shape index (κ1) is 26.1. The fourth-order valence-electron chi connectivity index (χ4n) is 3.85. The molecule has 0 amide bonds. The van der Waals surface area contributed by atoms with Crippen molar-refractivity contribution in [3.05, 3.63) is 113 Å². The molecule has 0 fully saturated rings. The summed E-state index contributed by atoms with van der Waals surface area (Å²) in [6.07, 6.45) is 0. The summed E-state index contributed by atoms with van der Waals surface area (Å²) in [5, 5.41) is -2.36. The second kappa shape index (κ2) is 9.97. The summed E-state index contributed by atoms with van der Waals surface area (Å²) in [4.78, 5) is 0. The lowest BCUT2D eigenvalue weighted by Gasteiger charge is -2.19. The van der Waals surface area contributed by atoms with Crippen LogP contribution in [0.25, 0.3) is 21.5 Å². The van der Waals surface area contributed by atoms with E-state index in [4.69, 9.17) is 14.0 Å². The molecule has 5 aromatic carbocycles. The van der Waals surface area contributed by atoms with Crippen LogP contribution in [0.5, 0.6) is 17.2 Å². The minimum atomic E-state index is -2.26. The van der Waals surface area contributed by atoms with Crippen LogP contribution in [-0.2, 0) is 0 Å². The molecule has 0 saturated heterocycles. The van der Waals surface area contributed by atoms with Crippen molar-refractivity contribution in [1.82, 2.24) is 0 Å². The Morgan fingerprint density at radius 1 is 0.410 bits per heavy atom. The Morgan fingerprint density at radius 2 is 0.821 bits per heavy atom. The third kappa shape index (κ3) is 4.87. The highest BCUT2D eigenvalue weighted by Gasteiger charge is 2.34. The van der Waals surface area contributed by atoms with Gasteiger partial charge in [0.25, 0.3) is 0 Å². The van der Waals surface area contributed by atoms with E-state index in [2.05, 4.69) is 0 Å². The average Bonchev–Trinajstić information content (AvgIpc) is 2.86. The van der Waals surface area contributed by atoms with Crippen molar-refractivity contribution >= 4 is 28.9 Å². The summed E-state index contributed by atoms with van der Waals surface area (Å²) >= 11 is 0. The second-order valence-electron chi connectivity index (χ2n) is 8.03. The molecule has 39 heavy (non-hydrogen) atoms. The van der Waals surface area contributed by atoms with E-state index in [1.807, 2.05) is 0 Å². The van der Waals surface area contributed by atoms with E-state index < -0.39 is 98.5 Å². The Labute approximate surface area is 213 Å². The number of hydrogen-bond acceptors (Lipinski definition) is 3. The Morgan fingerprint density at radius 3 is 1.31 bits per heavy atom. The van der Waals surface area contributed by atoms with Gasteiger partial charge in [0.05, 0.1) is 10.8 Å². The third-order valence-corrected chi connectivity index (χ3v) is 5.55. The van der Waals surface area contributed by atoms with Crippen LogP contribution in [0.3, 0.4) is 0 Å². The summed E-state index contributed by atoms with van der Waals surface area (Å²) in [5.74, 6) is -14.4. The maximum Gasteiger partial charge on any atom is 0.864 e. The standard InChI is InChI=1S/C26H10BF9O3/c28-11-7-13-20(4-1-15(30)23(13)18(33)9-11)37-27(39-22-6-3-17(32)25(35)26(22)36)38-21-5-2-16(31)24-14(21)8-12(29)10-19(24)34/h1-10H. The zero-order chi connectivity index (χ0) is 28.0. The molecule has 13 heteroatoms. The summed E-state index contributed by atoms with van der Waals surface area (Å²) < 4.78 is 143. The van der Waals surface area contributed by atoms with Gasteiger partial charge < -0.3 is 14.0 Å². The van der Waals surface area contributed by atoms with Crippen LogP contribution >= 0.6 is 0 Å². The van der Waals surface area contributed by atoms with Gasteiger partial charge in [-0.1, -0.05) is 0 Å². The topological polar surface area (TPSA) is 27.7 Å². The van der Waals surface area contributed by atoms with E-state index in [1.165, 1.54) is 0 Å². The molecule has 0 aliphatic carbocycles. The zero-order valence-corrected chi connectivity index (χ0v) is 19.0. The average molecular weight is 552 g/mol. The molecule has 5 aromatic rings. The van der Waals surface area contributed by atoms with E-state index in [9.17, 15) is 39.5 Å². The molecule has 0 aromatic heterocycles. The predicted octanol–water partition coefficient (Wildman–Crippen LogP) is 7.77. The van der Waals surface area contributed by atoms with Crippen molar-refractivity contribution in [2.45, 2.75) is 0 Å². The van der Waals surface area contributed by atoms with Crippen molar-refractivity contribution < 1.29 is 53.5 Å². The van der Waals surface area contributed by atoms with E-state index in [0.717, 1.165) is 24.3 Å². The predicted molar refractivity (Wildman–Crippen MR) is 122 cm³/mol. The van der Waals surface area contributed by atoms with Gasteiger partial charge in [-0.15, -0.1) is 0 Å². The van der Waals surface area contributed by atoms with Gasteiger partial charge in [-0.3, -0.25) is 0 Å². The molecule has 0 bridgehead atoms. The van der Waals surface area contributed by atoms with Crippen molar-refractivity contribution in [3.63, 3.8) is 0 Å². The lowest BCUT2D eigenvalue weighted by molar-refractivity contribution is 0.298. The first-order valence-electron chi connectivity index (χ1n) is 10.8. The highest BCUT2D eigenvalue weighted by molar-refractivity contribution is 6.40. The minimum absolute atomic E-state index is 0.407. The summed E-state index contributed by atoms with van der Waals surface area (Å²) in [6.45, 7) is 0. The van der Waals surface area contributed by atoms with Gasteiger partial charge in [-0.25, -0.2) is 35.1 Å². The maximum absolute atomic E-state index is 14.4. The van der Waals surface area contributed by atoms with Crippen LogP contribution < -0.4 is 14.0 Å². The molecular weight excluding hydrogens is 542 g/mol. The van der Waals surface area contributed by atoms with Crippen LogP contribution in [0.4, 0.5) is 39.5 Å². The van der Waals surface area contributed by atoms with E-state index in [0.29, 0.717) is 36.4 Å². The molecule has 3 nitrogen and oxygen atoms in total. The van der Waals surface area contributed by atoms with Crippen molar-refractivity contribution in [3.8, 4) is 17.2 Å². The number of benzene rings is 5. The van der Waals surface area contributed by atoms with Crippen molar-refractivity contribution in [2.24, 2.45) is 0 Å². The molecule has 0 spiro atoms. The van der Waals surface area contributed by atoms with E-state index >= 15 is 0 Å². The normalized spacial score (nSPS) is 11.2. The SMILES string of the molecule is Fc1cc(F)c2c(F)ccc(OB(Oc3ccc(F)c(F)c3F)Oc3ccc(F)c4c(F)cc(F)cc34)c2c1. The molecule has 0 atom stereocenters. The minimum Gasteiger partial charge on any atom is -0.489 e. The lowest BCUT2D eigenvalue weighted by atomic mass is 10.1. The molecule has 0 aliphatic rings. The van der Waals surface area contributed by atoms with Gasteiger partial charge in [-0.05, 0) is 48.5 Å². The van der Waals surface area contributed by atoms with Crippen molar-refractivity contribution in [1.29, 1.82) is 0 Å². The summed E-state index contributed by atoms with van der Waals surface area (Å²) in [6, 6.07) is 6.65. The lowest BCUT2D eigenvalue weighted by Crippen LogP contribution is -2.37. The smallest absolute Gasteiger partial charge is 0.489 e. The van der Waals surface area contributed by atoms with Crippen LogP contribution in [0, 0.1) is 52.4 Å². The monoisotopic (exact) mass is 552 g/mol. The molecule has 0 saturated carbocycles. The van der Waals surface area contributed by atoms with E-state index in [1.54, 1.807) is 0 Å². The molecule has 198 valence electrons. The van der Waals surface area contributed by atoms with Gasteiger partial charge in [0.2, 0.25) is 5.82 Å². The molecule has 5 rings (SSSR count). The molecule has 0 aliphatic heterocycles. The highest BCUT2D eigenvalue weighted by atomic mass is 19.2. The Kier molecular flexibility index (Phi) is 6.67. The van der Waals surface area contributed by atoms with Crippen LogP contribution in [0.2, 0.25) is 0 Å². The van der Waals surface area contributed by atoms with Crippen molar-refractivity contribution in [2.75, 3.05) is 0 Å². The molecule has 0 heterocycles. The zero-order valence-electron chi connectivity index (χ0n) is 19.0. The van der Waals surface area contributed by atoms with Crippen LogP contribution in [-0.4, -0.2) is 7.32 Å². The van der Waals surface area contributed by atoms with E-state index in [-0.39, 0.29) is 0 Å². The Bertz CT molecular complexity index is 1660. The molecule has 0 radical (unpaired) electrons. The Balaban J connectivity index is 1.64. The largest absolute Gasteiger partial charge is 0.864 e. The fourth-order valence-corrected chi connectivity index (χ4v) is 3.85. The Hall–Kier alpha value is -4.55. The third-order valence-electron chi connectivity index (χ3n) is 5.55. The number of fused-ring (bicyclic) bond motifs is 2. The summed E-state index contributed by atoms with van der Waals surface area (Å²) in [7, 11) is -2.26. The molecule has 0 unspecified atom stereocenters. The molecule has 0 N–H and O–H groups in total. The van der Waals surface area contributed by atoms with Crippen LogP contribution in [0.1, 0.15) is 0 Å². The van der Waals surface area contributed by atoms with Gasteiger partial charge in [0.15, 0.2) is 11.6 Å². The van der Waals surface area contributed by atoms with Gasteiger partial charge in [0, 0.05) is 22.9 Å². The van der Waals surface area contributed by atoms with Gasteiger partial charge >= 0.3 is 7.32 Å². The maximum atomic E-state index is 14.4. The van der Waals surface area contributed by atoms with Gasteiger partial charge in [0.1, 0.15) is 52.2 Å². The summed E-state index contributed by atoms with van der Waals surface area (Å²) in [5.41, 5.74) is 0. The van der Waals surface area contributed by atoms with Gasteiger partial charge in [-0.2, -0.15) is 4.39 Å². The second-order valence-corrected chi connectivity index (χ2v) is 8.03. The number of halogens is 9. The quantitative estimate of drug-likeness (QED) is 0.123.